The van der Waals surface area contributed by atoms with Gasteiger partial charge >= 0.3 is 6.36 Å². The Labute approximate surface area is 233 Å². The number of halogens is 7. The molecule has 0 aliphatic carbocycles. The first kappa shape index (κ1) is 28.0. The Morgan fingerprint density at radius 1 is 1.03 bits per heavy atom. The van der Waals surface area contributed by atoms with Crippen LogP contribution in [-0.2, 0) is 10.0 Å². The first-order valence-corrected chi connectivity index (χ1v) is 13.8. The largest absolute Gasteiger partial charge is 0.573 e. The molecule has 1 aliphatic rings. The minimum Gasteiger partial charge on any atom is -0.404 e. The second kappa shape index (κ2) is 11.0. The highest BCUT2D eigenvalue weighted by molar-refractivity contribution is 9.10. The quantitative estimate of drug-likeness (QED) is 0.277. The number of hydrazone groups is 1. The molecule has 14 heteroatoms. The van der Waals surface area contributed by atoms with Crippen molar-refractivity contribution in [1.82, 2.24) is 10.1 Å². The molecule has 3 aromatic carbocycles. The zero-order valence-electron chi connectivity index (χ0n) is 18.4. The van der Waals surface area contributed by atoms with Gasteiger partial charge in [0.1, 0.15) is 4.90 Å². The van der Waals surface area contributed by atoms with E-state index in [1.165, 1.54) is 24.3 Å². The summed E-state index contributed by atoms with van der Waals surface area (Å²) >= 11 is 21.4. The number of sulfonamides is 1. The molecule has 2 N–H and O–H groups in total. The van der Waals surface area contributed by atoms with E-state index in [0.29, 0.717) is 21.3 Å². The van der Waals surface area contributed by atoms with E-state index in [4.69, 9.17) is 34.8 Å². The fraction of sp³-hybridized carbons (Fsp3) is 0.174. The number of rotatable bonds is 7. The maximum absolute atomic E-state index is 13.4. The van der Waals surface area contributed by atoms with Gasteiger partial charge in [-0.3, -0.25) is 0 Å². The standard InChI is InChI=1S/C23H16BrCl3F3N3O3S/c24-13-3-8-21(20(9-13)36-23(28,29)30)37(34,35)33-22(16-7-6-15(26)10-17(16)27)19-11-18(31-32-19)12-1-4-14(25)5-2-12/h1-10,18,22,31,33H,11H2. The topological polar surface area (TPSA) is 79.8 Å². The van der Waals surface area contributed by atoms with Crippen molar-refractivity contribution in [2.45, 2.75) is 29.8 Å². The molecule has 3 aromatic rings. The van der Waals surface area contributed by atoms with Crippen LogP contribution in [0.15, 0.2) is 75.1 Å². The molecule has 0 amide bonds. The van der Waals surface area contributed by atoms with Gasteiger partial charge in [-0.2, -0.15) is 9.82 Å². The summed E-state index contributed by atoms with van der Waals surface area (Å²) in [7, 11) is -4.59. The molecular weight excluding hydrogens is 642 g/mol. The molecule has 1 heterocycles. The second-order valence-corrected chi connectivity index (χ2v) is 11.8. The molecule has 2 unspecified atom stereocenters. The van der Waals surface area contributed by atoms with Crippen LogP contribution >= 0.6 is 50.7 Å². The van der Waals surface area contributed by atoms with Crippen LogP contribution in [0.2, 0.25) is 15.1 Å². The molecule has 0 spiro atoms. The van der Waals surface area contributed by atoms with Crippen molar-refractivity contribution >= 4 is 66.5 Å². The van der Waals surface area contributed by atoms with E-state index in [0.717, 1.165) is 17.7 Å². The van der Waals surface area contributed by atoms with Crippen molar-refractivity contribution in [3.63, 3.8) is 0 Å². The number of ether oxygens (including phenoxy) is 1. The molecular formula is C23H16BrCl3F3N3O3S. The maximum Gasteiger partial charge on any atom is 0.573 e. The number of alkyl halides is 3. The van der Waals surface area contributed by atoms with Crippen LogP contribution in [0, 0.1) is 0 Å². The van der Waals surface area contributed by atoms with Gasteiger partial charge in [0.15, 0.2) is 5.75 Å². The van der Waals surface area contributed by atoms with E-state index in [9.17, 15) is 21.6 Å². The van der Waals surface area contributed by atoms with Crippen molar-refractivity contribution in [2.24, 2.45) is 5.10 Å². The first-order valence-electron chi connectivity index (χ1n) is 10.4. The first-order chi connectivity index (χ1) is 17.3. The SMILES string of the molecule is O=S(=O)(NC(C1=NNC(c2ccc(Cl)cc2)C1)c1ccc(Cl)cc1Cl)c1ccc(Br)cc1OC(F)(F)F. The summed E-state index contributed by atoms with van der Waals surface area (Å²) in [6, 6.07) is 13.2. The molecule has 0 fully saturated rings. The Morgan fingerprint density at radius 3 is 2.35 bits per heavy atom. The molecule has 0 saturated heterocycles. The smallest absolute Gasteiger partial charge is 0.404 e. The fourth-order valence-electron chi connectivity index (χ4n) is 3.70. The Kier molecular flexibility index (Phi) is 8.32. The Balaban J connectivity index is 1.72. The third kappa shape index (κ3) is 6.90. The van der Waals surface area contributed by atoms with Crippen molar-refractivity contribution in [3.05, 3.63) is 91.3 Å². The van der Waals surface area contributed by atoms with E-state index in [2.05, 4.69) is 35.9 Å². The third-order valence-corrected chi connectivity index (χ3v) is 8.12. The highest BCUT2D eigenvalue weighted by Crippen LogP contribution is 2.36. The van der Waals surface area contributed by atoms with Gasteiger partial charge < -0.3 is 10.2 Å². The van der Waals surface area contributed by atoms with E-state index in [1.54, 1.807) is 24.3 Å². The monoisotopic (exact) mass is 655 g/mol. The van der Waals surface area contributed by atoms with E-state index in [-0.39, 0.29) is 22.0 Å². The average molecular weight is 658 g/mol. The van der Waals surface area contributed by atoms with E-state index < -0.39 is 33.1 Å². The number of hydrogen-bond donors (Lipinski definition) is 2. The molecule has 6 nitrogen and oxygen atoms in total. The van der Waals surface area contributed by atoms with Gasteiger partial charge in [0.2, 0.25) is 10.0 Å². The molecule has 2 atom stereocenters. The number of hydrogen-bond acceptors (Lipinski definition) is 5. The molecule has 196 valence electrons. The Hall–Kier alpha value is -2.02. The minimum absolute atomic E-state index is 0.139. The maximum atomic E-state index is 13.4. The van der Waals surface area contributed by atoms with Crippen molar-refractivity contribution < 1.29 is 26.3 Å². The molecule has 37 heavy (non-hydrogen) atoms. The van der Waals surface area contributed by atoms with Gasteiger partial charge in [-0.05, 0) is 53.6 Å². The lowest BCUT2D eigenvalue weighted by atomic mass is 9.96. The van der Waals surface area contributed by atoms with Crippen LogP contribution in [0.5, 0.6) is 5.75 Å². The molecule has 0 aromatic heterocycles. The predicted octanol–water partition coefficient (Wildman–Crippen LogP) is 7.42. The lowest BCUT2D eigenvalue weighted by molar-refractivity contribution is -0.275. The molecule has 1 aliphatic heterocycles. The summed E-state index contributed by atoms with van der Waals surface area (Å²) in [6.07, 6.45) is -4.85. The van der Waals surface area contributed by atoms with Crippen molar-refractivity contribution in [3.8, 4) is 5.75 Å². The number of benzene rings is 3. The zero-order chi connectivity index (χ0) is 27.0. The lowest BCUT2D eigenvalue weighted by Gasteiger charge is -2.22. The Bertz CT molecular complexity index is 1460. The summed E-state index contributed by atoms with van der Waals surface area (Å²) in [6.45, 7) is 0. The van der Waals surface area contributed by atoms with Crippen molar-refractivity contribution in [2.75, 3.05) is 0 Å². The molecule has 0 saturated carbocycles. The molecule has 4 rings (SSSR count). The highest BCUT2D eigenvalue weighted by atomic mass is 79.9. The zero-order valence-corrected chi connectivity index (χ0v) is 23.0. The number of nitrogens with zero attached hydrogens (tertiary/aromatic N) is 1. The lowest BCUT2D eigenvalue weighted by Crippen LogP contribution is -2.34. The van der Waals surface area contributed by atoms with E-state index in [1.807, 2.05) is 0 Å². The van der Waals surface area contributed by atoms with Gasteiger partial charge in [-0.25, -0.2) is 8.42 Å². The fourth-order valence-corrected chi connectivity index (χ4v) is 6.00. The number of nitrogens with one attached hydrogen (secondary N) is 2. The summed E-state index contributed by atoms with van der Waals surface area (Å²) < 4.78 is 72.5. The van der Waals surface area contributed by atoms with Gasteiger partial charge in [-0.1, -0.05) is 68.9 Å². The van der Waals surface area contributed by atoms with Crippen LogP contribution in [0.1, 0.15) is 29.6 Å². The normalized spacial score (nSPS) is 16.7. The summed E-state index contributed by atoms with van der Waals surface area (Å²) in [5, 5.41) is 5.33. The van der Waals surface area contributed by atoms with Crippen LogP contribution in [0.4, 0.5) is 13.2 Å². The van der Waals surface area contributed by atoms with Gasteiger partial charge in [0.25, 0.3) is 0 Å². The van der Waals surface area contributed by atoms with E-state index >= 15 is 0 Å². The predicted molar refractivity (Wildman–Crippen MR) is 140 cm³/mol. The van der Waals surface area contributed by atoms with Crippen LogP contribution < -0.4 is 14.9 Å². The van der Waals surface area contributed by atoms with Gasteiger partial charge in [0.05, 0.1) is 17.8 Å². The van der Waals surface area contributed by atoms with Crippen molar-refractivity contribution in [1.29, 1.82) is 0 Å². The minimum atomic E-state index is -5.12. The van der Waals surface area contributed by atoms with Gasteiger partial charge in [-0.15, -0.1) is 13.2 Å². The van der Waals surface area contributed by atoms with Gasteiger partial charge in [0, 0.05) is 26.0 Å². The molecule has 0 radical (unpaired) electrons. The third-order valence-electron chi connectivity index (χ3n) is 5.35. The summed E-state index contributed by atoms with van der Waals surface area (Å²) in [5.41, 5.74) is 4.47. The van der Waals surface area contributed by atoms with Crippen LogP contribution in [0.3, 0.4) is 0 Å². The highest BCUT2D eigenvalue weighted by Gasteiger charge is 2.37. The van der Waals surface area contributed by atoms with Crippen LogP contribution in [0.25, 0.3) is 0 Å². The van der Waals surface area contributed by atoms with Crippen LogP contribution in [-0.4, -0.2) is 20.5 Å². The summed E-state index contributed by atoms with van der Waals surface area (Å²) in [4.78, 5) is -0.719. The average Bonchev–Trinajstić information content (AvgIpc) is 3.27. The summed E-state index contributed by atoms with van der Waals surface area (Å²) in [5.74, 6) is -0.902. The Morgan fingerprint density at radius 2 is 1.70 bits per heavy atom. The molecule has 0 bridgehead atoms. The second-order valence-electron chi connectivity index (χ2n) is 7.90.